The van der Waals surface area contributed by atoms with Crippen LogP contribution in [0, 0.1) is 0 Å². The van der Waals surface area contributed by atoms with Crippen molar-refractivity contribution in [3.63, 3.8) is 0 Å². The minimum atomic E-state index is -4.42. The van der Waals surface area contributed by atoms with E-state index in [1.807, 2.05) is 55.8 Å². The number of sulfonamides is 1. The monoisotopic (exact) mass is 757 g/mol. The summed E-state index contributed by atoms with van der Waals surface area (Å²) in [6.07, 6.45) is 11.5. The molecule has 16 heteroatoms. The van der Waals surface area contributed by atoms with Gasteiger partial charge in [-0.2, -0.15) is 13.0 Å². The second-order valence-corrected chi connectivity index (χ2v) is 17.6. The van der Waals surface area contributed by atoms with Crippen LogP contribution < -0.4 is 9.47 Å². The molecular weight excluding hydrogens is 717 g/mol. The second kappa shape index (κ2) is 14.8. The number of aromatic nitrogens is 1. The second-order valence-electron chi connectivity index (χ2n) is 13.0. The highest BCUT2D eigenvalue weighted by Gasteiger charge is 2.40. The molecule has 272 valence electrons. The first-order valence-corrected chi connectivity index (χ1v) is 20.0. The van der Waals surface area contributed by atoms with Gasteiger partial charge >= 0.3 is 5.97 Å². The summed E-state index contributed by atoms with van der Waals surface area (Å²) in [5.41, 5.74) is 2.74. The molecule has 2 aliphatic rings. The molecule has 13 nitrogen and oxygen atoms in total. The first kappa shape index (κ1) is 38.0. The van der Waals surface area contributed by atoms with E-state index in [2.05, 4.69) is 4.90 Å². The Bertz CT molecular complexity index is 2190. The Hall–Kier alpha value is -4.22. The number of fused-ring (bicyclic) bond motifs is 2. The van der Waals surface area contributed by atoms with Crippen molar-refractivity contribution in [2.45, 2.75) is 67.6 Å². The maximum atomic E-state index is 12.6. The summed E-state index contributed by atoms with van der Waals surface area (Å²) in [6.45, 7) is 4.51. The van der Waals surface area contributed by atoms with Crippen molar-refractivity contribution in [1.82, 2.24) is 9.37 Å². The van der Waals surface area contributed by atoms with Crippen molar-refractivity contribution < 1.29 is 45.2 Å². The Balaban J connectivity index is 1.31. The van der Waals surface area contributed by atoms with E-state index >= 15 is 0 Å². The molecule has 2 amide bonds. The topological polar surface area (TPSA) is 163 Å². The number of amides is 2. The number of rotatable bonds is 13. The largest absolute Gasteiger partial charge is 0.344 e. The molecule has 0 aliphatic carbocycles. The van der Waals surface area contributed by atoms with Crippen LogP contribution in [0.25, 0.3) is 16.3 Å². The highest BCUT2D eigenvalue weighted by atomic mass is 32.2. The van der Waals surface area contributed by atoms with Crippen LogP contribution in [0.15, 0.2) is 76.2 Å². The molecule has 0 radical (unpaired) electrons. The first-order chi connectivity index (χ1) is 23.9. The molecule has 1 saturated heterocycles. The SMILES string of the molecule is CN(C)S(=O)(=O)c1ccc2c(c1)sc(/C=C/C=C/C=C1/N(CCCCCC(=O)ON3C(=O)CCC3=O)c3ccc(S(=O)(=O)O)cc3C1(C)C)[n+]2C. The third-order valence-corrected chi connectivity index (χ3v) is 12.8. The Morgan fingerprint density at radius 1 is 0.980 bits per heavy atom. The van der Waals surface area contributed by atoms with Crippen molar-refractivity contribution >= 4 is 71.2 Å². The predicted octanol–water partition coefficient (Wildman–Crippen LogP) is 4.64. The lowest BCUT2D eigenvalue weighted by molar-refractivity contribution is -0.642. The average molecular weight is 758 g/mol. The van der Waals surface area contributed by atoms with Gasteiger partial charge in [-0.25, -0.2) is 17.5 Å². The summed E-state index contributed by atoms with van der Waals surface area (Å²) >= 11 is 1.47. The van der Waals surface area contributed by atoms with E-state index in [0.29, 0.717) is 30.9 Å². The van der Waals surface area contributed by atoms with Gasteiger partial charge in [0.2, 0.25) is 15.5 Å². The predicted molar refractivity (Wildman–Crippen MR) is 192 cm³/mol. The molecule has 51 heavy (non-hydrogen) atoms. The number of aryl methyl sites for hydroxylation is 1. The van der Waals surface area contributed by atoms with Gasteiger partial charge in [0.15, 0.2) is 0 Å². The van der Waals surface area contributed by atoms with Crippen LogP contribution in [0.2, 0.25) is 0 Å². The minimum absolute atomic E-state index is 0.0333. The fourth-order valence-electron chi connectivity index (χ4n) is 6.10. The van der Waals surface area contributed by atoms with Crippen LogP contribution in [0.1, 0.15) is 62.9 Å². The standard InChI is InChI=1S/C35H40N4O9S3/c1-35(2)26-22-25(51(45,46)47)16-17-27(26)38(21-11-7-10-14-34(42)48-39-31(40)19-20-32(39)41)30(35)12-8-6-9-13-33-37(5)28-18-15-24(23-29(28)49-33)50(43,44)36(3)4/h6,8-9,12-13,15-18,22-23H,7,10-11,14,19-21H2,1-5H3/p+1. The van der Waals surface area contributed by atoms with Gasteiger partial charge in [-0.3, -0.25) is 14.1 Å². The summed E-state index contributed by atoms with van der Waals surface area (Å²) in [7, 11) is -3.06. The van der Waals surface area contributed by atoms with Crippen LogP contribution in [0.5, 0.6) is 0 Å². The fourth-order valence-corrected chi connectivity index (χ4v) is 8.71. The van der Waals surface area contributed by atoms with Gasteiger partial charge in [0.05, 0.1) is 9.79 Å². The normalized spacial score (nSPS) is 17.3. The van der Waals surface area contributed by atoms with E-state index in [9.17, 15) is 35.8 Å². The van der Waals surface area contributed by atoms with E-state index in [4.69, 9.17) is 4.84 Å². The molecular formula is C35H41N4O9S3+. The number of unbranched alkanes of at least 4 members (excludes halogenated alkanes) is 2. The van der Waals surface area contributed by atoms with Gasteiger partial charge in [0.25, 0.3) is 26.9 Å². The number of nitrogens with zero attached hydrogens (tertiary/aromatic N) is 4. The summed E-state index contributed by atoms with van der Waals surface area (Å²) in [4.78, 5) is 42.8. The summed E-state index contributed by atoms with van der Waals surface area (Å²) < 4.78 is 63.0. The molecule has 1 fully saturated rings. The number of carbonyl (C=O) groups excluding carboxylic acids is 3. The van der Waals surface area contributed by atoms with Gasteiger partial charge in [-0.05, 0) is 54.8 Å². The highest BCUT2D eigenvalue weighted by molar-refractivity contribution is 7.89. The Morgan fingerprint density at radius 2 is 1.67 bits per heavy atom. The number of hydrogen-bond donors (Lipinski definition) is 1. The van der Waals surface area contributed by atoms with E-state index < -0.39 is 43.3 Å². The fraction of sp³-hybridized carbons (Fsp3) is 0.371. The molecule has 3 aromatic rings. The molecule has 2 aliphatic heterocycles. The van der Waals surface area contributed by atoms with Crippen molar-refractivity contribution in [1.29, 1.82) is 0 Å². The molecule has 0 unspecified atom stereocenters. The van der Waals surface area contributed by atoms with Gasteiger partial charge in [-0.1, -0.05) is 49.8 Å². The first-order valence-electron chi connectivity index (χ1n) is 16.3. The molecule has 1 N–H and O–H groups in total. The number of benzene rings is 2. The molecule has 3 heterocycles. The molecule has 0 spiro atoms. The lowest BCUT2D eigenvalue weighted by atomic mass is 9.83. The Morgan fingerprint density at radius 3 is 2.33 bits per heavy atom. The number of thiazole rings is 1. The number of hydroxylamine groups is 2. The third kappa shape index (κ3) is 7.99. The van der Waals surface area contributed by atoms with E-state index in [1.165, 1.54) is 41.9 Å². The molecule has 2 aromatic carbocycles. The smallest absolute Gasteiger partial charge is 0.333 e. The lowest BCUT2D eigenvalue weighted by Gasteiger charge is -2.27. The van der Waals surface area contributed by atoms with Crippen LogP contribution in [-0.4, -0.2) is 69.2 Å². The van der Waals surface area contributed by atoms with Crippen molar-refractivity contribution in [2.24, 2.45) is 7.05 Å². The number of hydrogen-bond acceptors (Lipinski definition) is 10. The van der Waals surface area contributed by atoms with Gasteiger partial charge in [0, 0.05) is 68.8 Å². The number of anilines is 1. The van der Waals surface area contributed by atoms with Crippen molar-refractivity contribution in [3.8, 4) is 0 Å². The van der Waals surface area contributed by atoms with Crippen molar-refractivity contribution in [2.75, 3.05) is 25.5 Å². The van der Waals surface area contributed by atoms with Crippen molar-refractivity contribution in [3.05, 3.63) is 77.0 Å². The highest BCUT2D eigenvalue weighted by Crippen LogP contribution is 2.48. The summed E-state index contributed by atoms with van der Waals surface area (Å²) in [5, 5.41) is 1.46. The lowest BCUT2D eigenvalue weighted by Crippen LogP contribution is -2.32. The molecule has 1 aromatic heterocycles. The number of allylic oxidation sites excluding steroid dienone is 5. The van der Waals surface area contributed by atoms with Crippen LogP contribution >= 0.6 is 11.3 Å². The number of carbonyl (C=O) groups is 3. The van der Waals surface area contributed by atoms with Gasteiger partial charge < -0.3 is 9.74 Å². The number of imide groups is 1. The summed E-state index contributed by atoms with van der Waals surface area (Å²) in [6, 6.07) is 9.63. The minimum Gasteiger partial charge on any atom is -0.344 e. The maximum Gasteiger partial charge on any atom is 0.333 e. The molecule has 5 rings (SSSR count). The van der Waals surface area contributed by atoms with Gasteiger partial charge in [0.1, 0.15) is 11.7 Å². The third-order valence-electron chi connectivity index (χ3n) is 8.95. The van der Waals surface area contributed by atoms with E-state index in [-0.39, 0.29) is 29.1 Å². The zero-order chi connectivity index (χ0) is 37.3. The van der Waals surface area contributed by atoms with Crippen LogP contribution in [0.4, 0.5) is 5.69 Å². The maximum absolute atomic E-state index is 12.6. The Kier molecular flexibility index (Phi) is 11.0. The van der Waals surface area contributed by atoms with E-state index in [1.54, 1.807) is 24.3 Å². The molecule has 0 atom stereocenters. The van der Waals surface area contributed by atoms with Crippen LogP contribution in [0.3, 0.4) is 0 Å². The Labute approximate surface area is 301 Å². The quantitative estimate of drug-likeness (QED) is 0.0855. The summed E-state index contributed by atoms with van der Waals surface area (Å²) in [5.74, 6) is -1.69. The van der Waals surface area contributed by atoms with Gasteiger partial charge in [-0.15, -0.1) is 5.06 Å². The van der Waals surface area contributed by atoms with Crippen LogP contribution in [-0.2, 0) is 51.8 Å². The van der Waals surface area contributed by atoms with E-state index in [0.717, 1.165) is 32.2 Å². The zero-order valence-electron chi connectivity index (χ0n) is 29.0. The average Bonchev–Trinajstić information content (AvgIpc) is 3.63. The zero-order valence-corrected chi connectivity index (χ0v) is 31.5. The molecule has 0 bridgehead atoms. The molecule has 0 saturated carbocycles.